The van der Waals surface area contributed by atoms with Crippen LogP contribution in [0.25, 0.3) is 0 Å². The van der Waals surface area contributed by atoms with Crippen molar-refractivity contribution in [2.24, 2.45) is 0 Å². The number of hydrogen-bond donors (Lipinski definition) is 1. The largest absolute Gasteiger partial charge is 0.508 e. The molecule has 0 radical (unpaired) electrons. The number of carbonyl (C=O) groups excluding carboxylic acids is 1. The average molecular weight is 234 g/mol. The maximum absolute atomic E-state index is 11.6. The third-order valence-electron chi connectivity index (χ3n) is 2.32. The second kappa shape index (κ2) is 5.16. The Labute approximate surface area is 99.3 Å². The molecule has 2 aromatic carbocycles. The maximum atomic E-state index is 11.6. The molecule has 0 unspecified atom stereocenters. The minimum atomic E-state index is -0.395. The van der Waals surface area contributed by atoms with Gasteiger partial charge in [0.25, 0.3) is 0 Å². The highest BCUT2D eigenvalue weighted by Crippen LogP contribution is 2.11. The number of phenols is 1. The van der Waals surface area contributed by atoms with Gasteiger partial charge in [-0.25, -0.2) is 4.79 Å². The first kappa shape index (κ1) is 11.2. The summed E-state index contributed by atoms with van der Waals surface area (Å²) in [7, 11) is 0. The summed E-state index contributed by atoms with van der Waals surface area (Å²) in [6.45, 7) is 0.251. The normalized spacial score (nSPS) is 9.88. The number of esters is 1. The van der Waals surface area contributed by atoms with E-state index in [1.54, 1.807) is 0 Å². The first-order valence-electron chi connectivity index (χ1n) is 5.26. The molecule has 0 saturated carbocycles. The van der Waals surface area contributed by atoms with Crippen LogP contribution in [0.3, 0.4) is 0 Å². The summed E-state index contributed by atoms with van der Waals surface area (Å²) in [6.07, 6.45) is 0. The van der Waals surface area contributed by atoms with E-state index >= 15 is 0 Å². The van der Waals surface area contributed by atoms with E-state index < -0.39 is 5.97 Å². The van der Waals surface area contributed by atoms with Crippen molar-refractivity contribution < 1.29 is 14.6 Å². The number of phenolic OH excluding ortho intramolecular Hbond substituents is 1. The highest BCUT2D eigenvalue weighted by Gasteiger charge is 2.06. The third kappa shape index (κ3) is 3.08. The van der Waals surface area contributed by atoms with Crippen molar-refractivity contribution in [2.75, 3.05) is 0 Å². The summed E-state index contributed by atoms with van der Waals surface area (Å²) in [5.74, 6) is -0.265. The molecule has 0 aromatic heterocycles. The summed E-state index contributed by atoms with van der Waals surface area (Å²) in [4.78, 5) is 11.6. The molecule has 0 spiro atoms. The van der Waals surface area contributed by atoms with E-state index in [9.17, 15) is 4.79 Å². The Bertz CT molecular complexity index is 489. The molecule has 0 saturated heterocycles. The van der Waals surface area contributed by atoms with E-state index in [-0.39, 0.29) is 12.4 Å². The summed E-state index contributed by atoms with van der Waals surface area (Å²) >= 11 is 0. The Kier molecular flexibility index (Phi) is 3.40. The molecular weight excluding hydrogens is 222 g/mol. The predicted molar refractivity (Wildman–Crippen MR) is 63.7 cm³/mol. The lowest BCUT2D eigenvalue weighted by Gasteiger charge is -2.04. The van der Waals surface area contributed by atoms with E-state index in [0.717, 1.165) is 5.56 Å². The summed E-state index contributed by atoms with van der Waals surface area (Å²) in [5.41, 5.74) is 1.37. The van der Waals surface area contributed by atoms with E-state index in [1.165, 1.54) is 24.3 Å². The molecule has 0 aliphatic heterocycles. The van der Waals surface area contributed by atoms with Crippen LogP contribution in [0, 0.1) is 0 Å². The topological polar surface area (TPSA) is 46.5 Å². The van der Waals surface area contributed by atoms with Crippen molar-refractivity contribution in [1.29, 1.82) is 0 Å². The first-order chi connectivity index (χ1) is 8.25. The van der Waals surface area contributed by atoms with E-state index in [0.29, 0.717) is 5.56 Å². The highest BCUT2D eigenvalue weighted by molar-refractivity contribution is 5.89. The van der Waals surface area contributed by atoms with Gasteiger partial charge in [-0.1, -0.05) is 30.3 Å². The van der Waals surface area contributed by atoms with Crippen molar-refractivity contribution >= 4 is 5.97 Å². The van der Waals surface area contributed by atoms with Gasteiger partial charge in [0.1, 0.15) is 12.4 Å². The molecule has 2 rings (SSSR count). The summed E-state index contributed by atoms with van der Waals surface area (Å²) in [5, 5.41) is 9.09. The quantitative estimate of drug-likeness (QED) is 0.830. The predicted octanol–water partition coefficient (Wildman–Crippen LogP) is 2.75. The van der Waals surface area contributed by atoms with Gasteiger partial charge >= 0.3 is 5.97 Å². The number of aromatic hydroxyl groups is 1. The second-order valence-electron chi connectivity index (χ2n) is 3.61. The highest BCUT2D eigenvalue weighted by atomic mass is 16.5. The van der Waals surface area contributed by atoms with E-state index in [2.05, 4.69) is 0 Å². The van der Waals surface area contributed by atoms with Gasteiger partial charge in [-0.2, -0.15) is 0 Å². The molecule has 0 atom stereocenters. The maximum Gasteiger partial charge on any atom is 0.338 e. The molecule has 0 fully saturated rings. The fourth-order valence-electron chi connectivity index (χ4n) is 1.40. The second-order valence-corrected chi connectivity index (χ2v) is 3.61. The van der Waals surface area contributed by atoms with Crippen LogP contribution in [0.4, 0.5) is 0 Å². The van der Waals surface area contributed by atoms with Crippen LogP contribution in [-0.2, 0) is 11.3 Å². The zero-order valence-electron chi connectivity index (χ0n) is 9.17. The molecule has 3 heteroatoms. The Morgan fingerprint density at radius 3 is 2.29 bits per heavy atom. The third-order valence-corrected chi connectivity index (χ3v) is 2.32. The van der Waals surface area contributed by atoms with Crippen LogP contribution >= 0.6 is 0 Å². The Hall–Kier alpha value is -2.29. The zero-order chi connectivity index (χ0) is 12.1. The molecule has 0 aliphatic rings. The minimum absolute atomic E-state index is 0.129. The summed E-state index contributed by atoms with van der Waals surface area (Å²) in [6, 6.07) is 15.5. The van der Waals surface area contributed by atoms with E-state index in [1.807, 2.05) is 30.3 Å². The lowest BCUT2D eigenvalue weighted by molar-refractivity contribution is 0.0472. The molecule has 0 heterocycles. The van der Waals surface area contributed by atoms with Gasteiger partial charge in [0.05, 0.1) is 5.56 Å². The molecule has 2 aromatic rings. The van der Waals surface area contributed by atoms with Crippen LogP contribution in [0.2, 0.25) is 0 Å². The van der Waals surface area contributed by atoms with Gasteiger partial charge in [0.15, 0.2) is 0 Å². The van der Waals surface area contributed by atoms with Crippen molar-refractivity contribution in [3.63, 3.8) is 0 Å². The van der Waals surface area contributed by atoms with Crippen molar-refractivity contribution in [3.8, 4) is 5.75 Å². The number of ether oxygens (including phenoxy) is 1. The van der Waals surface area contributed by atoms with Crippen molar-refractivity contribution in [1.82, 2.24) is 0 Å². The van der Waals surface area contributed by atoms with Gasteiger partial charge in [-0.05, 0) is 29.8 Å². The van der Waals surface area contributed by atoms with Crippen LogP contribution in [-0.4, -0.2) is 11.1 Å². The van der Waals surface area contributed by atoms with Crippen LogP contribution < -0.4 is 0 Å². The summed E-state index contributed by atoms with van der Waals surface area (Å²) < 4.78 is 5.13. The number of rotatable bonds is 3. The molecular formula is C14H12O3. The fourth-order valence-corrected chi connectivity index (χ4v) is 1.40. The standard InChI is InChI=1S/C14H12O3/c15-13-8-6-12(7-9-13)14(16)17-10-11-4-2-1-3-5-11/h1-9,15H,10H2/i6+1,7+1,8+1,9+1,12+1,13+1. The lowest BCUT2D eigenvalue weighted by atomic mass is 10.2. The van der Waals surface area contributed by atoms with Crippen LogP contribution in [0.5, 0.6) is 5.75 Å². The SMILES string of the molecule is O=C(OCc1ccccc1)[13c]1[13cH][13cH][13c](O)[13cH][13cH]1. The lowest BCUT2D eigenvalue weighted by Crippen LogP contribution is -2.04. The van der Waals surface area contributed by atoms with E-state index in [4.69, 9.17) is 9.84 Å². The molecule has 17 heavy (non-hydrogen) atoms. The number of hydrogen-bond acceptors (Lipinski definition) is 3. The molecule has 0 amide bonds. The zero-order valence-corrected chi connectivity index (χ0v) is 9.17. The number of carbonyl (C=O) groups is 1. The monoisotopic (exact) mass is 234 g/mol. The first-order valence-corrected chi connectivity index (χ1v) is 5.26. The van der Waals surface area contributed by atoms with Gasteiger partial charge < -0.3 is 9.84 Å². The van der Waals surface area contributed by atoms with Gasteiger partial charge in [-0.15, -0.1) is 0 Å². The Morgan fingerprint density at radius 2 is 1.65 bits per heavy atom. The smallest absolute Gasteiger partial charge is 0.338 e. The molecule has 0 bridgehead atoms. The van der Waals surface area contributed by atoms with Gasteiger partial charge in [-0.3, -0.25) is 0 Å². The van der Waals surface area contributed by atoms with Gasteiger partial charge in [0, 0.05) is 0 Å². The molecule has 3 nitrogen and oxygen atoms in total. The minimum Gasteiger partial charge on any atom is -0.508 e. The molecule has 86 valence electrons. The van der Waals surface area contributed by atoms with Crippen molar-refractivity contribution in [3.05, 3.63) is 65.7 Å². The Morgan fingerprint density at radius 1 is 1.00 bits per heavy atom. The average Bonchev–Trinajstić information content (AvgIpc) is 2.38. The van der Waals surface area contributed by atoms with Crippen LogP contribution in [0.1, 0.15) is 15.9 Å². The Balaban J connectivity index is 1.96. The van der Waals surface area contributed by atoms with Crippen molar-refractivity contribution in [2.45, 2.75) is 6.61 Å². The number of benzene rings is 2. The fraction of sp³-hybridized carbons (Fsp3) is 0.0714. The molecule has 1 N–H and O–H groups in total. The van der Waals surface area contributed by atoms with Crippen LogP contribution in [0.15, 0.2) is 54.6 Å². The van der Waals surface area contributed by atoms with Gasteiger partial charge in [0.2, 0.25) is 0 Å². The molecule has 0 aliphatic carbocycles.